The molecule has 2 N–H and O–H groups in total. The maximum absolute atomic E-state index is 10.3. The van der Waals surface area contributed by atoms with Gasteiger partial charge in [0.25, 0.3) is 0 Å². The molecular weight excluding hydrogens is 316 g/mol. The van der Waals surface area contributed by atoms with Crippen molar-refractivity contribution in [2.24, 2.45) is 0 Å². The van der Waals surface area contributed by atoms with E-state index < -0.39 is 6.10 Å². The molecule has 0 bridgehead atoms. The van der Waals surface area contributed by atoms with Crippen molar-refractivity contribution in [1.82, 2.24) is 5.32 Å². The van der Waals surface area contributed by atoms with Crippen LogP contribution < -0.4 is 14.8 Å². The van der Waals surface area contributed by atoms with Gasteiger partial charge in [-0.2, -0.15) is 5.26 Å². The lowest BCUT2D eigenvalue weighted by Gasteiger charge is -2.14. The molecule has 0 aliphatic rings. The van der Waals surface area contributed by atoms with E-state index in [2.05, 4.69) is 11.4 Å². The summed E-state index contributed by atoms with van der Waals surface area (Å²) in [5.41, 5.74) is 2.41. The van der Waals surface area contributed by atoms with Crippen molar-refractivity contribution in [2.45, 2.75) is 6.10 Å². The van der Waals surface area contributed by atoms with Crippen LogP contribution in [0.1, 0.15) is 22.8 Å². The van der Waals surface area contributed by atoms with E-state index in [-0.39, 0.29) is 0 Å². The second-order valence-electron chi connectivity index (χ2n) is 5.46. The molecule has 2 aromatic carbocycles. The van der Waals surface area contributed by atoms with E-state index in [0.717, 1.165) is 11.1 Å². The van der Waals surface area contributed by atoms with E-state index in [1.807, 2.05) is 24.3 Å². The molecule has 0 aromatic heterocycles. The van der Waals surface area contributed by atoms with Crippen molar-refractivity contribution in [2.75, 3.05) is 27.3 Å². The molecule has 2 rings (SSSR count). The predicted octanol–water partition coefficient (Wildman–Crippen LogP) is 2.91. The molecule has 0 radical (unpaired) electrons. The Balaban J connectivity index is 1.84. The quantitative estimate of drug-likeness (QED) is 0.724. The first-order valence-electron chi connectivity index (χ1n) is 7.94. The lowest BCUT2D eigenvalue weighted by atomic mass is 10.1. The van der Waals surface area contributed by atoms with Crippen LogP contribution in [0.2, 0.25) is 0 Å². The summed E-state index contributed by atoms with van der Waals surface area (Å²) in [6.07, 6.45) is 3.28. The van der Waals surface area contributed by atoms with Gasteiger partial charge in [0.15, 0.2) is 0 Å². The summed E-state index contributed by atoms with van der Waals surface area (Å²) < 4.78 is 10.4. The van der Waals surface area contributed by atoms with E-state index >= 15 is 0 Å². The number of nitrogens with one attached hydrogen (secondary N) is 1. The molecule has 0 aliphatic heterocycles. The Labute approximate surface area is 148 Å². The molecule has 0 spiro atoms. The molecule has 0 aliphatic carbocycles. The fourth-order valence-corrected chi connectivity index (χ4v) is 2.31. The molecular formula is C20H22N2O3. The zero-order valence-corrected chi connectivity index (χ0v) is 14.4. The Morgan fingerprint density at radius 3 is 2.32 bits per heavy atom. The molecule has 0 fully saturated rings. The van der Waals surface area contributed by atoms with E-state index in [1.165, 1.54) is 0 Å². The number of hydrogen-bond acceptors (Lipinski definition) is 5. The standard InChI is InChI=1S/C20H22N2O3/c1-24-18-10-17(11-19(12-18)25-2)20(23)14-22-9-3-4-15-5-7-16(13-21)8-6-15/h3-8,10-12,20,22-23H,9,14H2,1-2H3/b4-3+. The van der Waals surface area contributed by atoms with Crippen molar-refractivity contribution in [1.29, 1.82) is 5.26 Å². The summed E-state index contributed by atoms with van der Waals surface area (Å²) in [7, 11) is 3.16. The monoisotopic (exact) mass is 338 g/mol. The number of hydrogen-bond donors (Lipinski definition) is 2. The number of nitriles is 1. The van der Waals surface area contributed by atoms with Gasteiger partial charge >= 0.3 is 0 Å². The second kappa shape index (κ2) is 9.48. The molecule has 5 nitrogen and oxygen atoms in total. The van der Waals surface area contributed by atoms with Gasteiger partial charge in [-0.1, -0.05) is 24.3 Å². The molecule has 5 heteroatoms. The van der Waals surface area contributed by atoms with Gasteiger partial charge in [0, 0.05) is 19.2 Å². The van der Waals surface area contributed by atoms with Gasteiger partial charge in [0.05, 0.1) is 32.0 Å². The molecule has 130 valence electrons. The third-order valence-electron chi connectivity index (χ3n) is 3.71. The van der Waals surface area contributed by atoms with E-state index in [4.69, 9.17) is 14.7 Å². The Kier molecular flexibility index (Phi) is 7.02. The first kappa shape index (κ1) is 18.5. The minimum atomic E-state index is -0.660. The van der Waals surface area contributed by atoms with Crippen molar-refractivity contribution in [3.8, 4) is 17.6 Å². The number of rotatable bonds is 8. The van der Waals surface area contributed by atoms with Gasteiger partial charge in [-0.15, -0.1) is 0 Å². The number of methoxy groups -OCH3 is 2. The van der Waals surface area contributed by atoms with Crippen LogP contribution in [0.5, 0.6) is 11.5 Å². The zero-order valence-electron chi connectivity index (χ0n) is 14.4. The Morgan fingerprint density at radius 2 is 1.76 bits per heavy atom. The number of nitrogens with zero attached hydrogens (tertiary/aromatic N) is 1. The average Bonchev–Trinajstić information content (AvgIpc) is 2.67. The van der Waals surface area contributed by atoms with Crippen molar-refractivity contribution >= 4 is 6.08 Å². The highest BCUT2D eigenvalue weighted by molar-refractivity contribution is 5.51. The third-order valence-corrected chi connectivity index (χ3v) is 3.71. The highest BCUT2D eigenvalue weighted by Gasteiger charge is 2.10. The average molecular weight is 338 g/mol. The van der Waals surface area contributed by atoms with Crippen molar-refractivity contribution < 1.29 is 14.6 Å². The first-order chi connectivity index (χ1) is 12.2. The summed E-state index contributed by atoms with van der Waals surface area (Å²) in [6.45, 7) is 1.03. The maximum Gasteiger partial charge on any atom is 0.122 e. The largest absolute Gasteiger partial charge is 0.497 e. The van der Waals surface area contributed by atoms with Crippen LogP contribution in [0.15, 0.2) is 48.5 Å². The van der Waals surface area contributed by atoms with Crippen LogP contribution in [0.25, 0.3) is 6.08 Å². The summed E-state index contributed by atoms with van der Waals surface area (Å²) in [5, 5.41) is 22.3. The Hall–Kier alpha value is -2.81. The van der Waals surface area contributed by atoms with Crippen molar-refractivity contribution in [3.63, 3.8) is 0 Å². The maximum atomic E-state index is 10.3. The van der Waals surface area contributed by atoms with Crippen LogP contribution in [0.3, 0.4) is 0 Å². The molecule has 0 saturated heterocycles. The van der Waals surface area contributed by atoms with Gasteiger partial charge in [0.1, 0.15) is 11.5 Å². The van der Waals surface area contributed by atoms with E-state index in [0.29, 0.717) is 30.2 Å². The molecule has 1 atom stereocenters. The summed E-state index contributed by atoms with van der Waals surface area (Å²) in [4.78, 5) is 0. The molecule has 1 unspecified atom stereocenters. The van der Waals surface area contributed by atoms with Gasteiger partial charge in [-0.05, 0) is 35.4 Å². The highest BCUT2D eigenvalue weighted by atomic mass is 16.5. The van der Waals surface area contributed by atoms with Gasteiger partial charge in [-0.3, -0.25) is 0 Å². The molecule has 0 saturated carbocycles. The Morgan fingerprint density at radius 1 is 1.12 bits per heavy atom. The normalized spacial score (nSPS) is 11.9. The van der Waals surface area contributed by atoms with Crippen LogP contribution >= 0.6 is 0 Å². The van der Waals surface area contributed by atoms with Gasteiger partial charge in [-0.25, -0.2) is 0 Å². The number of ether oxygens (including phenoxy) is 2. The Bertz CT molecular complexity index is 726. The molecule has 0 heterocycles. The minimum absolute atomic E-state index is 0.411. The van der Waals surface area contributed by atoms with Crippen molar-refractivity contribution in [3.05, 3.63) is 65.2 Å². The predicted molar refractivity (Wildman–Crippen MR) is 97.6 cm³/mol. The number of benzene rings is 2. The lowest BCUT2D eigenvalue weighted by molar-refractivity contribution is 0.175. The lowest BCUT2D eigenvalue weighted by Crippen LogP contribution is -2.21. The van der Waals surface area contributed by atoms with Crippen LogP contribution in [0.4, 0.5) is 0 Å². The third kappa shape index (κ3) is 5.64. The first-order valence-corrected chi connectivity index (χ1v) is 7.94. The van der Waals surface area contributed by atoms with E-state index in [1.54, 1.807) is 44.6 Å². The summed E-state index contributed by atoms with van der Waals surface area (Å²) in [5.74, 6) is 1.29. The highest BCUT2D eigenvalue weighted by Crippen LogP contribution is 2.26. The van der Waals surface area contributed by atoms with Gasteiger partial charge < -0.3 is 19.9 Å². The van der Waals surface area contributed by atoms with Crippen LogP contribution in [-0.4, -0.2) is 32.4 Å². The summed E-state index contributed by atoms with van der Waals surface area (Å²) >= 11 is 0. The molecule has 2 aromatic rings. The van der Waals surface area contributed by atoms with E-state index in [9.17, 15) is 5.11 Å². The fourth-order valence-electron chi connectivity index (χ4n) is 2.31. The second-order valence-corrected chi connectivity index (χ2v) is 5.46. The number of aliphatic hydroxyl groups is 1. The SMILES string of the molecule is COc1cc(OC)cc(C(O)CNC/C=C/c2ccc(C#N)cc2)c1. The number of aliphatic hydroxyl groups excluding tert-OH is 1. The topological polar surface area (TPSA) is 74.5 Å². The smallest absolute Gasteiger partial charge is 0.122 e. The molecule has 0 amide bonds. The molecule has 25 heavy (non-hydrogen) atoms. The fraction of sp³-hybridized carbons (Fsp3) is 0.250. The minimum Gasteiger partial charge on any atom is -0.497 e. The van der Waals surface area contributed by atoms with Crippen LogP contribution in [-0.2, 0) is 0 Å². The zero-order chi connectivity index (χ0) is 18.1. The summed E-state index contributed by atoms with van der Waals surface area (Å²) in [6, 6.07) is 14.8. The van der Waals surface area contributed by atoms with Gasteiger partial charge in [0.2, 0.25) is 0 Å². The van der Waals surface area contributed by atoms with Crippen LogP contribution in [0, 0.1) is 11.3 Å².